The van der Waals surface area contributed by atoms with Crippen LogP contribution in [-0.2, 0) is 0 Å². The van der Waals surface area contributed by atoms with Crippen LogP contribution in [0.25, 0.3) is 5.65 Å². The van der Waals surface area contributed by atoms with Crippen molar-refractivity contribution in [3.8, 4) is 0 Å². The number of hydrogen-bond acceptors (Lipinski definition) is 4. The van der Waals surface area contributed by atoms with Gasteiger partial charge < -0.3 is 5.32 Å². The molecule has 1 aromatic carbocycles. The van der Waals surface area contributed by atoms with E-state index in [-0.39, 0.29) is 0 Å². The molecule has 1 atom stereocenters. The zero-order chi connectivity index (χ0) is 14.8. The summed E-state index contributed by atoms with van der Waals surface area (Å²) in [6.45, 7) is 2.14. The number of nitrogens with zero attached hydrogens (tertiary/aromatic N) is 3. The summed E-state index contributed by atoms with van der Waals surface area (Å²) < 4.78 is 3.06. The summed E-state index contributed by atoms with van der Waals surface area (Å²) in [5, 5.41) is 12.5. The number of hydrogen-bond donors (Lipinski definition) is 1. The fourth-order valence-electron chi connectivity index (χ4n) is 2.02. The minimum Gasteiger partial charge on any atom is -0.313 e. The molecule has 0 fully saturated rings. The molecule has 108 valence electrons. The third kappa shape index (κ3) is 2.97. The van der Waals surface area contributed by atoms with Crippen molar-refractivity contribution in [1.29, 1.82) is 0 Å². The van der Waals surface area contributed by atoms with Crippen molar-refractivity contribution in [1.82, 2.24) is 19.9 Å². The molecule has 0 spiro atoms. The zero-order valence-corrected chi connectivity index (χ0v) is 14.1. The van der Waals surface area contributed by atoms with E-state index in [0.29, 0.717) is 6.04 Å². The van der Waals surface area contributed by atoms with Gasteiger partial charge >= 0.3 is 0 Å². The highest BCUT2D eigenvalue weighted by Crippen LogP contribution is 2.34. The lowest BCUT2D eigenvalue weighted by Gasteiger charge is -2.12. The summed E-state index contributed by atoms with van der Waals surface area (Å²) in [4.78, 5) is 1.13. The minimum absolute atomic E-state index is 0.328. The van der Waals surface area contributed by atoms with Crippen molar-refractivity contribution in [2.24, 2.45) is 0 Å². The molecule has 1 N–H and O–H groups in total. The quantitative estimate of drug-likeness (QED) is 0.763. The molecule has 0 aliphatic rings. The van der Waals surface area contributed by atoms with Crippen LogP contribution in [0.15, 0.2) is 57.1 Å². The summed E-state index contributed by atoms with van der Waals surface area (Å²) >= 11 is 5.25. The number of aromatic nitrogens is 3. The Morgan fingerprint density at radius 2 is 2.10 bits per heavy atom. The molecule has 0 bridgehead atoms. The second-order valence-corrected chi connectivity index (χ2v) is 6.58. The summed E-state index contributed by atoms with van der Waals surface area (Å²) in [5.74, 6) is 0. The van der Waals surface area contributed by atoms with Crippen LogP contribution in [0.2, 0.25) is 0 Å². The molecule has 3 aromatic rings. The van der Waals surface area contributed by atoms with Crippen LogP contribution < -0.4 is 5.32 Å². The van der Waals surface area contributed by atoms with Crippen molar-refractivity contribution in [2.45, 2.75) is 23.0 Å². The molecule has 1 unspecified atom stereocenters. The van der Waals surface area contributed by atoms with Crippen molar-refractivity contribution in [3.63, 3.8) is 0 Å². The van der Waals surface area contributed by atoms with E-state index in [1.54, 1.807) is 11.8 Å². The number of nitrogens with one attached hydrogen (secondary N) is 1. The van der Waals surface area contributed by atoms with Crippen LogP contribution in [0.4, 0.5) is 0 Å². The minimum atomic E-state index is 0.328. The predicted octanol–water partition coefficient (Wildman–Crippen LogP) is 3.92. The number of pyridine rings is 1. The Morgan fingerprint density at radius 3 is 2.86 bits per heavy atom. The second-order valence-electron chi connectivity index (χ2n) is 4.71. The molecule has 2 aromatic heterocycles. The summed E-state index contributed by atoms with van der Waals surface area (Å²) in [6.07, 6.45) is 1.98. The maximum absolute atomic E-state index is 4.25. The first-order chi connectivity index (χ1) is 10.2. The predicted molar refractivity (Wildman–Crippen MR) is 88.7 cm³/mol. The molecule has 0 saturated heterocycles. The van der Waals surface area contributed by atoms with Crippen LogP contribution in [0, 0.1) is 0 Å². The third-order valence-corrected chi connectivity index (χ3v) is 5.33. The van der Waals surface area contributed by atoms with E-state index < -0.39 is 0 Å². The van der Waals surface area contributed by atoms with E-state index in [0.717, 1.165) is 20.2 Å². The molecule has 0 aliphatic heterocycles. The molecule has 4 nitrogen and oxygen atoms in total. The fraction of sp³-hybridized carbons (Fsp3) is 0.200. The van der Waals surface area contributed by atoms with E-state index in [2.05, 4.69) is 56.6 Å². The van der Waals surface area contributed by atoms with Gasteiger partial charge in [-0.1, -0.05) is 12.1 Å². The first-order valence-corrected chi connectivity index (χ1v) is 8.24. The van der Waals surface area contributed by atoms with E-state index in [1.165, 1.54) is 5.56 Å². The fourth-order valence-corrected chi connectivity index (χ4v) is 3.49. The van der Waals surface area contributed by atoms with Crippen LogP contribution in [-0.4, -0.2) is 21.6 Å². The molecule has 2 heterocycles. The van der Waals surface area contributed by atoms with E-state index in [4.69, 9.17) is 0 Å². The number of benzene rings is 1. The topological polar surface area (TPSA) is 42.2 Å². The summed E-state index contributed by atoms with van der Waals surface area (Å²) in [5.41, 5.74) is 2.11. The van der Waals surface area contributed by atoms with Gasteiger partial charge in [0.05, 0.1) is 0 Å². The second kappa shape index (κ2) is 6.17. The molecular formula is C15H15BrN4S. The molecule has 0 aliphatic carbocycles. The SMILES string of the molecule is CNC(C)c1ccc(Sc2nnc3ccccn23)c(Br)c1. The normalized spacial score (nSPS) is 12.7. The van der Waals surface area contributed by atoms with E-state index >= 15 is 0 Å². The largest absolute Gasteiger partial charge is 0.313 e. The highest BCUT2D eigenvalue weighted by Gasteiger charge is 2.11. The van der Waals surface area contributed by atoms with Gasteiger partial charge in [0.25, 0.3) is 0 Å². The van der Waals surface area contributed by atoms with E-state index in [9.17, 15) is 0 Å². The molecule has 0 saturated carbocycles. The Kier molecular flexibility index (Phi) is 4.28. The van der Waals surface area contributed by atoms with Gasteiger partial charge in [0.2, 0.25) is 0 Å². The first-order valence-electron chi connectivity index (χ1n) is 6.63. The van der Waals surface area contributed by atoms with Crippen molar-refractivity contribution < 1.29 is 0 Å². The van der Waals surface area contributed by atoms with Gasteiger partial charge in [-0.2, -0.15) is 0 Å². The smallest absolute Gasteiger partial charge is 0.200 e. The highest BCUT2D eigenvalue weighted by molar-refractivity contribution is 9.10. The van der Waals surface area contributed by atoms with Gasteiger partial charge in [0.1, 0.15) is 0 Å². The average molecular weight is 363 g/mol. The number of fused-ring (bicyclic) bond motifs is 1. The number of halogens is 1. The van der Waals surface area contributed by atoms with Crippen LogP contribution in [0.5, 0.6) is 0 Å². The van der Waals surface area contributed by atoms with Gasteiger partial charge in [0, 0.05) is 21.6 Å². The Morgan fingerprint density at radius 1 is 1.24 bits per heavy atom. The Balaban J connectivity index is 1.91. The van der Waals surface area contributed by atoms with Gasteiger partial charge in [-0.25, -0.2) is 0 Å². The first kappa shape index (κ1) is 14.6. The maximum Gasteiger partial charge on any atom is 0.200 e. The third-order valence-electron chi connectivity index (χ3n) is 3.37. The molecule has 6 heteroatoms. The van der Waals surface area contributed by atoms with Crippen molar-refractivity contribution in [2.75, 3.05) is 7.05 Å². The number of rotatable bonds is 4. The Bertz CT molecular complexity index is 771. The average Bonchev–Trinajstić information content (AvgIpc) is 2.92. The lowest BCUT2D eigenvalue weighted by Crippen LogP contribution is -2.12. The molecular weight excluding hydrogens is 348 g/mol. The maximum atomic E-state index is 4.25. The lowest BCUT2D eigenvalue weighted by atomic mass is 10.1. The van der Waals surface area contributed by atoms with Crippen LogP contribution in [0.1, 0.15) is 18.5 Å². The molecule has 3 rings (SSSR count). The Labute approximate surface area is 136 Å². The highest BCUT2D eigenvalue weighted by atomic mass is 79.9. The van der Waals surface area contributed by atoms with Gasteiger partial charge in [-0.3, -0.25) is 4.40 Å². The Hall–Kier alpha value is -1.37. The monoisotopic (exact) mass is 362 g/mol. The zero-order valence-electron chi connectivity index (χ0n) is 11.7. The van der Waals surface area contributed by atoms with Crippen molar-refractivity contribution in [3.05, 3.63) is 52.6 Å². The van der Waals surface area contributed by atoms with Gasteiger partial charge in [-0.05, 0) is 71.5 Å². The molecule has 21 heavy (non-hydrogen) atoms. The molecule has 0 amide bonds. The summed E-state index contributed by atoms with van der Waals surface area (Å²) in [6, 6.07) is 12.6. The standard InChI is InChI=1S/C15H15BrN4S/c1-10(17-2)11-6-7-13(12(16)9-11)21-15-19-18-14-5-3-4-8-20(14)15/h3-10,17H,1-2H3. The van der Waals surface area contributed by atoms with Gasteiger partial charge in [0.15, 0.2) is 10.8 Å². The summed E-state index contributed by atoms with van der Waals surface area (Å²) in [7, 11) is 1.96. The van der Waals surface area contributed by atoms with Gasteiger partial charge in [-0.15, -0.1) is 10.2 Å². The van der Waals surface area contributed by atoms with E-state index in [1.807, 2.05) is 35.8 Å². The van der Waals surface area contributed by atoms with Crippen molar-refractivity contribution >= 4 is 33.3 Å². The van der Waals surface area contributed by atoms with Crippen LogP contribution in [0.3, 0.4) is 0 Å². The van der Waals surface area contributed by atoms with Crippen LogP contribution >= 0.6 is 27.7 Å². The molecule has 0 radical (unpaired) electrons. The lowest BCUT2D eigenvalue weighted by molar-refractivity contribution is 0.651.